The largest absolute Gasteiger partial charge is 0.423 e. The standard InChI is InChI=1S/C21H22FN3O2S/c22-16-5-7-17(8-6-16)28-14-20(26)23-13-15-9-11-25(12-10-15)21-24-18-3-1-2-4-19(18)27-21/h1-8,15H,9-14H2,(H,23,26). The minimum absolute atomic E-state index is 0.00991. The summed E-state index contributed by atoms with van der Waals surface area (Å²) in [6, 6.07) is 14.7. The molecule has 1 saturated heterocycles. The Bertz CT molecular complexity index is 903. The number of para-hydroxylation sites is 2. The Kier molecular flexibility index (Phi) is 5.81. The van der Waals surface area contributed by atoms with Gasteiger partial charge in [0.15, 0.2) is 5.58 Å². The normalized spacial score (nSPS) is 15.1. The summed E-state index contributed by atoms with van der Waals surface area (Å²) in [5.74, 6) is 0.544. The zero-order valence-electron chi connectivity index (χ0n) is 15.4. The summed E-state index contributed by atoms with van der Waals surface area (Å²) in [6.45, 7) is 2.43. The predicted octanol–water partition coefficient (Wildman–Crippen LogP) is 4.09. The van der Waals surface area contributed by atoms with Crippen LogP contribution in [0.3, 0.4) is 0 Å². The number of hydrogen-bond donors (Lipinski definition) is 1. The smallest absolute Gasteiger partial charge is 0.298 e. The maximum absolute atomic E-state index is 12.9. The van der Waals surface area contributed by atoms with Gasteiger partial charge in [-0.3, -0.25) is 4.79 Å². The topological polar surface area (TPSA) is 58.4 Å². The number of hydrogen-bond acceptors (Lipinski definition) is 5. The van der Waals surface area contributed by atoms with Crippen LogP contribution >= 0.6 is 11.8 Å². The lowest BCUT2D eigenvalue weighted by Gasteiger charge is -2.30. The van der Waals surface area contributed by atoms with Gasteiger partial charge in [0.05, 0.1) is 5.75 Å². The van der Waals surface area contributed by atoms with Crippen molar-refractivity contribution in [3.05, 3.63) is 54.3 Å². The molecule has 0 bridgehead atoms. The van der Waals surface area contributed by atoms with Crippen molar-refractivity contribution >= 4 is 34.8 Å². The van der Waals surface area contributed by atoms with Gasteiger partial charge in [0.25, 0.3) is 6.01 Å². The molecule has 0 radical (unpaired) electrons. The second-order valence-corrected chi connectivity index (χ2v) is 7.99. The Balaban J connectivity index is 1.20. The van der Waals surface area contributed by atoms with Crippen LogP contribution in [0.4, 0.5) is 10.4 Å². The molecule has 1 fully saturated rings. The molecule has 4 rings (SSSR count). The molecule has 1 amide bonds. The number of thioether (sulfide) groups is 1. The lowest BCUT2D eigenvalue weighted by atomic mass is 9.97. The summed E-state index contributed by atoms with van der Waals surface area (Å²) < 4.78 is 18.7. The van der Waals surface area contributed by atoms with Gasteiger partial charge < -0.3 is 14.6 Å². The molecule has 3 aromatic rings. The minimum atomic E-state index is -0.266. The Hall–Kier alpha value is -2.54. The highest BCUT2D eigenvalue weighted by molar-refractivity contribution is 8.00. The molecule has 0 unspecified atom stereocenters. The van der Waals surface area contributed by atoms with Crippen molar-refractivity contribution in [1.82, 2.24) is 10.3 Å². The van der Waals surface area contributed by atoms with Crippen LogP contribution in [0, 0.1) is 11.7 Å². The number of aromatic nitrogens is 1. The maximum atomic E-state index is 12.9. The van der Waals surface area contributed by atoms with Crippen LogP contribution < -0.4 is 10.2 Å². The zero-order valence-corrected chi connectivity index (χ0v) is 16.3. The number of nitrogens with zero attached hydrogens (tertiary/aromatic N) is 2. The predicted molar refractivity (Wildman–Crippen MR) is 109 cm³/mol. The van der Waals surface area contributed by atoms with Gasteiger partial charge in [0.1, 0.15) is 11.3 Å². The summed E-state index contributed by atoms with van der Waals surface area (Å²) in [6.07, 6.45) is 1.98. The molecule has 2 heterocycles. The van der Waals surface area contributed by atoms with E-state index >= 15 is 0 Å². The molecule has 5 nitrogen and oxygen atoms in total. The first-order valence-corrected chi connectivity index (χ1v) is 10.4. The van der Waals surface area contributed by atoms with E-state index in [9.17, 15) is 9.18 Å². The van der Waals surface area contributed by atoms with Gasteiger partial charge in [-0.15, -0.1) is 11.8 Å². The summed E-state index contributed by atoms with van der Waals surface area (Å²) in [7, 11) is 0. The molecule has 2 aromatic carbocycles. The first kappa shape index (κ1) is 18.8. The van der Waals surface area contributed by atoms with E-state index in [4.69, 9.17) is 4.42 Å². The fourth-order valence-corrected chi connectivity index (χ4v) is 4.04. The first-order chi connectivity index (χ1) is 13.7. The fourth-order valence-electron chi connectivity index (χ4n) is 3.31. The second kappa shape index (κ2) is 8.65. The van der Waals surface area contributed by atoms with Crippen molar-refractivity contribution in [2.24, 2.45) is 5.92 Å². The Morgan fingerprint density at radius 1 is 1.18 bits per heavy atom. The lowest BCUT2D eigenvalue weighted by molar-refractivity contribution is -0.118. The molecule has 1 aliphatic rings. The quantitative estimate of drug-likeness (QED) is 0.633. The number of carbonyl (C=O) groups excluding carboxylic acids is 1. The van der Waals surface area contributed by atoms with Gasteiger partial charge in [0.2, 0.25) is 5.91 Å². The van der Waals surface area contributed by atoms with Gasteiger partial charge in [0, 0.05) is 24.5 Å². The van der Waals surface area contributed by atoms with Crippen LogP contribution in [0.2, 0.25) is 0 Å². The molecule has 28 heavy (non-hydrogen) atoms. The number of carbonyl (C=O) groups is 1. The average Bonchev–Trinajstić information content (AvgIpc) is 3.16. The molecule has 0 aliphatic carbocycles. The molecule has 0 spiro atoms. The summed E-state index contributed by atoms with van der Waals surface area (Å²) >= 11 is 1.42. The third kappa shape index (κ3) is 4.65. The third-order valence-corrected chi connectivity index (χ3v) is 5.95. The molecule has 1 N–H and O–H groups in total. The fraction of sp³-hybridized carbons (Fsp3) is 0.333. The van der Waals surface area contributed by atoms with Gasteiger partial charge in [-0.25, -0.2) is 4.39 Å². The monoisotopic (exact) mass is 399 g/mol. The highest BCUT2D eigenvalue weighted by Crippen LogP contribution is 2.26. The van der Waals surface area contributed by atoms with E-state index in [1.165, 1.54) is 23.9 Å². The van der Waals surface area contributed by atoms with Crippen LogP contribution in [0.15, 0.2) is 57.8 Å². The van der Waals surface area contributed by atoms with E-state index in [0.717, 1.165) is 41.9 Å². The number of rotatable bonds is 6. The maximum Gasteiger partial charge on any atom is 0.298 e. The van der Waals surface area contributed by atoms with Crippen molar-refractivity contribution < 1.29 is 13.6 Å². The molecular formula is C21H22FN3O2S. The minimum Gasteiger partial charge on any atom is -0.423 e. The van der Waals surface area contributed by atoms with E-state index < -0.39 is 0 Å². The van der Waals surface area contributed by atoms with E-state index in [-0.39, 0.29) is 11.7 Å². The van der Waals surface area contributed by atoms with Crippen molar-refractivity contribution in [2.75, 3.05) is 30.3 Å². The number of fused-ring (bicyclic) bond motifs is 1. The van der Waals surface area contributed by atoms with E-state index in [1.54, 1.807) is 12.1 Å². The number of piperidine rings is 1. The number of halogens is 1. The zero-order chi connectivity index (χ0) is 19.3. The second-order valence-electron chi connectivity index (χ2n) is 6.94. The van der Waals surface area contributed by atoms with Gasteiger partial charge >= 0.3 is 0 Å². The Morgan fingerprint density at radius 3 is 2.68 bits per heavy atom. The SMILES string of the molecule is O=C(CSc1ccc(F)cc1)NCC1CCN(c2nc3ccccc3o2)CC1. The Labute approximate surface area is 167 Å². The molecule has 1 aliphatic heterocycles. The van der Waals surface area contributed by atoms with Crippen LogP contribution in [0.25, 0.3) is 11.1 Å². The van der Waals surface area contributed by atoms with Crippen molar-refractivity contribution in [3.8, 4) is 0 Å². The number of anilines is 1. The van der Waals surface area contributed by atoms with Crippen LogP contribution in [-0.4, -0.2) is 36.3 Å². The van der Waals surface area contributed by atoms with Crippen molar-refractivity contribution in [3.63, 3.8) is 0 Å². The molecule has 0 atom stereocenters. The van der Waals surface area contributed by atoms with Gasteiger partial charge in [-0.2, -0.15) is 4.98 Å². The molecular weight excluding hydrogens is 377 g/mol. The third-order valence-electron chi connectivity index (χ3n) is 4.94. The first-order valence-electron chi connectivity index (χ1n) is 9.43. The molecule has 0 saturated carbocycles. The van der Waals surface area contributed by atoms with Gasteiger partial charge in [-0.05, 0) is 55.2 Å². The number of nitrogens with one attached hydrogen (secondary N) is 1. The Morgan fingerprint density at radius 2 is 1.93 bits per heavy atom. The highest BCUT2D eigenvalue weighted by atomic mass is 32.2. The number of oxazole rings is 1. The van der Waals surface area contributed by atoms with E-state index in [2.05, 4.69) is 15.2 Å². The van der Waals surface area contributed by atoms with E-state index in [0.29, 0.717) is 24.2 Å². The van der Waals surface area contributed by atoms with Crippen LogP contribution in [0.5, 0.6) is 0 Å². The van der Waals surface area contributed by atoms with Crippen LogP contribution in [0.1, 0.15) is 12.8 Å². The van der Waals surface area contributed by atoms with Crippen molar-refractivity contribution in [1.29, 1.82) is 0 Å². The number of amides is 1. The molecule has 1 aromatic heterocycles. The highest BCUT2D eigenvalue weighted by Gasteiger charge is 2.23. The van der Waals surface area contributed by atoms with Crippen molar-refractivity contribution in [2.45, 2.75) is 17.7 Å². The molecule has 146 valence electrons. The summed E-state index contributed by atoms with van der Waals surface area (Å²) in [5, 5.41) is 3.02. The summed E-state index contributed by atoms with van der Waals surface area (Å²) in [5.41, 5.74) is 1.69. The molecule has 7 heteroatoms. The van der Waals surface area contributed by atoms with Gasteiger partial charge in [-0.1, -0.05) is 12.1 Å². The lowest BCUT2D eigenvalue weighted by Crippen LogP contribution is -2.39. The number of benzene rings is 2. The van der Waals surface area contributed by atoms with E-state index in [1.807, 2.05) is 24.3 Å². The average molecular weight is 399 g/mol. The van der Waals surface area contributed by atoms with Crippen LogP contribution in [-0.2, 0) is 4.79 Å². The summed E-state index contributed by atoms with van der Waals surface area (Å²) in [4.78, 5) is 19.7.